The maximum Gasteiger partial charge on any atom is 0.277 e. The first-order chi connectivity index (χ1) is 15.4. The molecule has 0 aliphatic heterocycles. The van der Waals surface area contributed by atoms with Gasteiger partial charge in [-0.2, -0.15) is 5.26 Å². The fraction of sp³-hybridized carbons (Fsp3) is 0.435. The molecule has 1 atom stereocenters. The molecule has 3 aromatic heterocycles. The van der Waals surface area contributed by atoms with Crippen molar-refractivity contribution in [1.82, 2.24) is 15.2 Å². The van der Waals surface area contributed by atoms with Crippen molar-refractivity contribution < 1.29 is 9.21 Å². The molecule has 32 heavy (non-hydrogen) atoms. The summed E-state index contributed by atoms with van der Waals surface area (Å²) in [5, 5.41) is 21.6. The Morgan fingerprint density at radius 2 is 2.16 bits per heavy atom. The van der Waals surface area contributed by atoms with Crippen LogP contribution < -0.4 is 5.32 Å². The number of carbonyl (C=O) groups is 1. The number of amides is 1. The second kappa shape index (κ2) is 9.43. The summed E-state index contributed by atoms with van der Waals surface area (Å²) in [6.07, 6.45) is 7.38. The number of aromatic nitrogens is 3. The van der Waals surface area contributed by atoms with E-state index in [2.05, 4.69) is 47.3 Å². The second-order valence-corrected chi connectivity index (χ2v) is 10.6. The third kappa shape index (κ3) is 4.71. The molecule has 7 nitrogen and oxygen atoms in total. The Labute approximate surface area is 195 Å². The molecule has 3 heterocycles. The summed E-state index contributed by atoms with van der Waals surface area (Å²) in [6, 6.07) is 5.88. The minimum absolute atomic E-state index is 0.122. The molecule has 4 rings (SSSR count). The van der Waals surface area contributed by atoms with Gasteiger partial charge < -0.3 is 9.73 Å². The van der Waals surface area contributed by atoms with Gasteiger partial charge in [-0.3, -0.25) is 9.78 Å². The highest BCUT2D eigenvalue weighted by Gasteiger charge is 2.34. The zero-order valence-corrected chi connectivity index (χ0v) is 20.0. The van der Waals surface area contributed by atoms with Crippen molar-refractivity contribution in [2.45, 2.75) is 51.7 Å². The molecule has 3 aromatic rings. The van der Waals surface area contributed by atoms with Gasteiger partial charge in [-0.15, -0.1) is 21.5 Å². The number of thioether (sulfide) groups is 1. The quantitative estimate of drug-likeness (QED) is 0.468. The van der Waals surface area contributed by atoms with E-state index in [1.54, 1.807) is 35.9 Å². The van der Waals surface area contributed by atoms with Gasteiger partial charge in [0.1, 0.15) is 11.1 Å². The summed E-state index contributed by atoms with van der Waals surface area (Å²) in [4.78, 5) is 17.8. The first-order valence-corrected chi connectivity index (χ1v) is 12.4. The lowest BCUT2D eigenvalue weighted by atomic mass is 9.69. The van der Waals surface area contributed by atoms with E-state index in [0.717, 1.165) is 36.8 Å². The molecular weight excluding hydrogens is 442 g/mol. The predicted octanol–water partition coefficient (Wildman–Crippen LogP) is 5.34. The summed E-state index contributed by atoms with van der Waals surface area (Å²) >= 11 is 2.72. The average Bonchev–Trinajstić information content (AvgIpc) is 3.42. The largest absolute Gasteiger partial charge is 0.411 e. The minimum atomic E-state index is -0.195. The molecule has 0 aromatic carbocycles. The number of rotatable bonds is 7. The maximum atomic E-state index is 12.6. The van der Waals surface area contributed by atoms with E-state index in [0.29, 0.717) is 27.6 Å². The Bertz CT molecular complexity index is 1150. The number of hydrogen-bond donors (Lipinski definition) is 1. The number of pyridine rings is 1. The Morgan fingerprint density at radius 3 is 2.88 bits per heavy atom. The number of anilines is 1. The number of hydrogen-bond acceptors (Lipinski definition) is 8. The van der Waals surface area contributed by atoms with Crippen molar-refractivity contribution in [2.75, 3.05) is 11.1 Å². The van der Waals surface area contributed by atoms with E-state index in [1.165, 1.54) is 16.6 Å². The van der Waals surface area contributed by atoms with E-state index >= 15 is 0 Å². The van der Waals surface area contributed by atoms with Crippen LogP contribution in [0.1, 0.15) is 49.6 Å². The molecule has 1 aliphatic rings. The van der Waals surface area contributed by atoms with Crippen molar-refractivity contribution in [3.63, 3.8) is 0 Å². The van der Waals surface area contributed by atoms with Gasteiger partial charge in [-0.05, 0) is 48.3 Å². The van der Waals surface area contributed by atoms with E-state index in [4.69, 9.17) is 4.42 Å². The van der Waals surface area contributed by atoms with Gasteiger partial charge in [-0.25, -0.2) is 0 Å². The lowest BCUT2D eigenvalue weighted by Gasteiger charge is -2.36. The van der Waals surface area contributed by atoms with Crippen molar-refractivity contribution >= 4 is 34.0 Å². The van der Waals surface area contributed by atoms with Crippen molar-refractivity contribution in [2.24, 2.45) is 11.3 Å². The average molecular weight is 468 g/mol. The Hall–Kier alpha value is -2.70. The van der Waals surface area contributed by atoms with Gasteiger partial charge in [-0.1, -0.05) is 39.0 Å². The molecule has 0 bridgehead atoms. The molecule has 1 aliphatic carbocycles. The van der Waals surface area contributed by atoms with Crippen LogP contribution in [0.15, 0.2) is 34.2 Å². The zero-order valence-electron chi connectivity index (χ0n) is 18.3. The summed E-state index contributed by atoms with van der Waals surface area (Å²) in [6.45, 7) is 6.87. The highest BCUT2D eigenvalue weighted by atomic mass is 32.2. The molecular formula is C23H25N5O2S2. The van der Waals surface area contributed by atoms with Crippen molar-refractivity contribution in [1.29, 1.82) is 5.26 Å². The second-order valence-electron chi connectivity index (χ2n) is 8.55. The highest BCUT2D eigenvalue weighted by molar-refractivity contribution is 7.99. The number of fused-ring (bicyclic) bond motifs is 1. The van der Waals surface area contributed by atoms with E-state index in [9.17, 15) is 10.1 Å². The fourth-order valence-electron chi connectivity index (χ4n) is 3.92. The molecule has 1 N–H and O–H groups in total. The lowest BCUT2D eigenvalue weighted by molar-refractivity contribution is -0.113. The molecule has 0 saturated carbocycles. The van der Waals surface area contributed by atoms with Crippen LogP contribution in [-0.2, 0) is 17.6 Å². The lowest BCUT2D eigenvalue weighted by Crippen LogP contribution is -2.28. The van der Waals surface area contributed by atoms with Gasteiger partial charge >= 0.3 is 0 Å². The Balaban J connectivity index is 1.40. The number of carbonyl (C=O) groups excluding carboxylic acids is 1. The first-order valence-electron chi connectivity index (χ1n) is 10.6. The smallest absolute Gasteiger partial charge is 0.277 e. The first kappa shape index (κ1) is 22.5. The molecule has 0 spiro atoms. The Kier molecular flexibility index (Phi) is 6.63. The SMILES string of the molecule is CCC(C)(C)[C@@H]1CCc2c(sc(NC(=O)CSc3nnc(-c4ccncc4)o3)c2C#N)C1. The van der Waals surface area contributed by atoms with Gasteiger partial charge in [0.2, 0.25) is 11.8 Å². The fourth-order valence-corrected chi connectivity index (χ4v) is 5.77. The van der Waals surface area contributed by atoms with Gasteiger partial charge in [0.15, 0.2) is 0 Å². The third-order valence-electron chi connectivity index (χ3n) is 6.31. The van der Waals surface area contributed by atoms with E-state index in [-0.39, 0.29) is 17.1 Å². The number of nitrogens with zero attached hydrogens (tertiary/aromatic N) is 4. The summed E-state index contributed by atoms with van der Waals surface area (Å²) in [7, 11) is 0. The molecule has 9 heteroatoms. The van der Waals surface area contributed by atoms with E-state index in [1.807, 2.05) is 0 Å². The third-order valence-corrected chi connectivity index (χ3v) is 8.30. The minimum Gasteiger partial charge on any atom is -0.411 e. The van der Waals surface area contributed by atoms with E-state index < -0.39 is 0 Å². The van der Waals surface area contributed by atoms with Crippen LogP contribution in [0, 0.1) is 22.7 Å². The normalized spacial score (nSPS) is 15.8. The maximum absolute atomic E-state index is 12.6. The van der Waals surface area contributed by atoms with Gasteiger partial charge in [0.25, 0.3) is 5.22 Å². The molecule has 0 radical (unpaired) electrons. The van der Waals surface area contributed by atoms with Gasteiger partial charge in [0, 0.05) is 22.8 Å². The number of nitrogens with one attached hydrogen (secondary N) is 1. The zero-order chi connectivity index (χ0) is 22.7. The van der Waals surface area contributed by atoms with Crippen LogP contribution >= 0.6 is 23.1 Å². The summed E-state index contributed by atoms with van der Waals surface area (Å²) < 4.78 is 5.62. The molecule has 0 unspecified atom stereocenters. The summed E-state index contributed by atoms with van der Waals surface area (Å²) in [5.41, 5.74) is 2.78. The molecule has 0 fully saturated rings. The van der Waals surface area contributed by atoms with Crippen LogP contribution in [0.25, 0.3) is 11.5 Å². The van der Waals surface area contributed by atoms with Crippen LogP contribution in [0.3, 0.4) is 0 Å². The van der Waals surface area contributed by atoms with Crippen LogP contribution in [0.2, 0.25) is 0 Å². The topological polar surface area (TPSA) is 105 Å². The predicted molar refractivity (Wildman–Crippen MR) is 126 cm³/mol. The molecule has 166 valence electrons. The molecule has 0 saturated heterocycles. The van der Waals surface area contributed by atoms with Crippen LogP contribution in [-0.4, -0.2) is 26.8 Å². The number of nitriles is 1. The van der Waals surface area contributed by atoms with Crippen molar-refractivity contribution in [3.05, 3.63) is 40.5 Å². The molecule has 1 amide bonds. The van der Waals surface area contributed by atoms with Crippen LogP contribution in [0.5, 0.6) is 0 Å². The number of thiophene rings is 1. The summed E-state index contributed by atoms with van der Waals surface area (Å²) in [5.74, 6) is 0.907. The highest BCUT2D eigenvalue weighted by Crippen LogP contribution is 2.45. The van der Waals surface area contributed by atoms with Crippen molar-refractivity contribution in [3.8, 4) is 17.5 Å². The van der Waals surface area contributed by atoms with Crippen LogP contribution in [0.4, 0.5) is 5.00 Å². The Morgan fingerprint density at radius 1 is 1.38 bits per heavy atom. The standard InChI is InChI=1S/C23H25N5O2S2/c1-4-23(2,3)15-5-6-16-17(12-24)21(32-18(16)11-15)26-19(29)13-31-22-28-27-20(30-22)14-7-9-25-10-8-14/h7-10,15H,4-6,11,13H2,1-3H3,(H,26,29)/t15-/m1/s1. The monoisotopic (exact) mass is 467 g/mol. The van der Waals surface area contributed by atoms with Gasteiger partial charge in [0.05, 0.1) is 11.3 Å².